The highest BCUT2D eigenvalue weighted by molar-refractivity contribution is 9.13. The van der Waals surface area contributed by atoms with Gasteiger partial charge in [-0.25, -0.2) is 0 Å². The van der Waals surface area contributed by atoms with Crippen LogP contribution in [0.3, 0.4) is 0 Å². The molecule has 1 saturated carbocycles. The molecule has 2 rings (SSSR count). The smallest absolute Gasteiger partial charge is 0.0843 e. The summed E-state index contributed by atoms with van der Waals surface area (Å²) in [6.07, 6.45) is 2.77. The largest absolute Gasteiger partial charge is 0.329 e. The third kappa shape index (κ3) is 3.57. The minimum atomic E-state index is 0.346. The van der Waals surface area contributed by atoms with E-state index in [1.807, 2.05) is 0 Å². The van der Waals surface area contributed by atoms with Gasteiger partial charge in [0.25, 0.3) is 0 Å². The molecule has 1 aromatic rings. The van der Waals surface area contributed by atoms with Gasteiger partial charge < -0.3 is 5.73 Å². The van der Waals surface area contributed by atoms with E-state index in [9.17, 15) is 0 Å². The number of halogens is 2. The normalized spacial score (nSPS) is 17.7. The van der Waals surface area contributed by atoms with Crippen LogP contribution < -0.4 is 5.73 Å². The Morgan fingerprint density at radius 3 is 2.50 bits per heavy atom. The lowest BCUT2D eigenvalue weighted by atomic mass is 10.1. The summed E-state index contributed by atoms with van der Waals surface area (Å²) < 4.78 is 2.29. The van der Waals surface area contributed by atoms with Gasteiger partial charge in [-0.2, -0.15) is 0 Å². The maximum absolute atomic E-state index is 6.03. The van der Waals surface area contributed by atoms with E-state index < -0.39 is 0 Å². The lowest BCUT2D eigenvalue weighted by Gasteiger charge is -2.33. The van der Waals surface area contributed by atoms with Gasteiger partial charge in [0.1, 0.15) is 0 Å². The maximum atomic E-state index is 6.03. The van der Waals surface area contributed by atoms with Crippen LogP contribution in [0.5, 0.6) is 0 Å². The van der Waals surface area contributed by atoms with Gasteiger partial charge in [-0.3, -0.25) is 4.90 Å². The van der Waals surface area contributed by atoms with Gasteiger partial charge in [-0.1, -0.05) is 0 Å². The Morgan fingerprint density at radius 1 is 1.44 bits per heavy atom. The molecule has 1 atom stereocenters. The molecule has 5 heteroatoms. The molecule has 1 aliphatic rings. The SMILES string of the molecule is CC(C)N(CC1CC1)C(CN)c1cc(Br)c(Br)s1. The number of nitrogens with zero attached hydrogens (tertiary/aromatic N) is 1. The fourth-order valence-electron chi connectivity index (χ4n) is 2.24. The molecule has 0 aromatic carbocycles. The predicted octanol–water partition coefficient (Wildman–Crippen LogP) is 4.39. The minimum Gasteiger partial charge on any atom is -0.329 e. The third-order valence-electron chi connectivity index (χ3n) is 3.45. The molecule has 18 heavy (non-hydrogen) atoms. The fraction of sp³-hybridized carbons (Fsp3) is 0.692. The van der Waals surface area contributed by atoms with E-state index in [1.54, 1.807) is 11.3 Å². The molecule has 0 amide bonds. The summed E-state index contributed by atoms with van der Waals surface area (Å²) in [5, 5.41) is 0. The zero-order chi connectivity index (χ0) is 13.3. The molecule has 102 valence electrons. The van der Waals surface area contributed by atoms with Crippen molar-refractivity contribution in [1.29, 1.82) is 0 Å². The van der Waals surface area contributed by atoms with Gasteiger partial charge >= 0.3 is 0 Å². The molecule has 2 nitrogen and oxygen atoms in total. The van der Waals surface area contributed by atoms with Crippen molar-refractivity contribution in [3.63, 3.8) is 0 Å². The van der Waals surface area contributed by atoms with Crippen LogP contribution in [-0.2, 0) is 0 Å². The van der Waals surface area contributed by atoms with Crippen LogP contribution in [0, 0.1) is 5.92 Å². The molecule has 0 bridgehead atoms. The average Bonchev–Trinajstić information content (AvgIpc) is 3.06. The Morgan fingerprint density at radius 2 is 2.11 bits per heavy atom. The molecule has 0 saturated heterocycles. The van der Waals surface area contributed by atoms with E-state index in [4.69, 9.17) is 5.73 Å². The van der Waals surface area contributed by atoms with Crippen LogP contribution in [0.15, 0.2) is 14.3 Å². The highest BCUT2D eigenvalue weighted by atomic mass is 79.9. The Bertz CT molecular complexity index is 382. The van der Waals surface area contributed by atoms with E-state index in [1.165, 1.54) is 24.3 Å². The summed E-state index contributed by atoms with van der Waals surface area (Å²) in [6.45, 7) is 6.41. The van der Waals surface area contributed by atoms with Crippen LogP contribution in [0.4, 0.5) is 0 Å². The van der Waals surface area contributed by atoms with E-state index in [2.05, 4.69) is 56.7 Å². The number of nitrogens with two attached hydrogens (primary N) is 1. The molecule has 1 heterocycles. The molecule has 1 fully saturated rings. The second-order valence-corrected chi connectivity index (χ2v) is 8.51. The van der Waals surface area contributed by atoms with Gasteiger partial charge in [0.15, 0.2) is 0 Å². The van der Waals surface area contributed by atoms with Gasteiger partial charge in [0.05, 0.1) is 9.83 Å². The van der Waals surface area contributed by atoms with Gasteiger partial charge in [0, 0.05) is 28.5 Å². The average molecular weight is 396 g/mol. The lowest BCUT2D eigenvalue weighted by molar-refractivity contribution is 0.152. The van der Waals surface area contributed by atoms with Crippen LogP contribution in [0.1, 0.15) is 37.6 Å². The number of hydrogen-bond acceptors (Lipinski definition) is 3. The summed E-state index contributed by atoms with van der Waals surface area (Å²) >= 11 is 8.93. The standard InChI is InChI=1S/C13H20Br2N2S/c1-8(2)17(7-9-3-4-9)11(6-16)12-5-10(14)13(15)18-12/h5,8-9,11H,3-4,6-7,16H2,1-2H3. The first kappa shape index (κ1) is 15.0. The first-order valence-corrected chi connectivity index (χ1v) is 8.83. The minimum absolute atomic E-state index is 0.346. The fourth-order valence-corrected chi connectivity index (χ4v) is 4.46. The molecule has 0 spiro atoms. The van der Waals surface area contributed by atoms with E-state index in [-0.39, 0.29) is 0 Å². The summed E-state index contributed by atoms with van der Waals surface area (Å²) in [5.41, 5.74) is 6.03. The molecule has 0 aliphatic heterocycles. The Hall–Kier alpha value is 0.580. The van der Waals surface area contributed by atoms with E-state index in [0.717, 1.165) is 14.2 Å². The second kappa shape index (κ2) is 6.35. The van der Waals surface area contributed by atoms with Crippen molar-refractivity contribution < 1.29 is 0 Å². The molecular formula is C13H20Br2N2S. The molecule has 1 aromatic heterocycles. The molecule has 2 N–H and O–H groups in total. The van der Waals surface area contributed by atoms with Crippen molar-refractivity contribution in [2.75, 3.05) is 13.1 Å². The molecular weight excluding hydrogens is 376 g/mol. The van der Waals surface area contributed by atoms with E-state index >= 15 is 0 Å². The Balaban J connectivity index is 2.17. The number of rotatable bonds is 6. The Labute approximate surface area is 130 Å². The summed E-state index contributed by atoms with van der Waals surface area (Å²) in [7, 11) is 0. The number of thiophene rings is 1. The molecule has 0 radical (unpaired) electrons. The van der Waals surface area contributed by atoms with Crippen molar-refractivity contribution in [3.8, 4) is 0 Å². The van der Waals surface area contributed by atoms with Crippen LogP contribution in [-0.4, -0.2) is 24.0 Å². The Kier molecular flexibility index (Phi) is 5.29. The summed E-state index contributed by atoms with van der Waals surface area (Å²) in [4.78, 5) is 3.91. The zero-order valence-electron chi connectivity index (χ0n) is 10.8. The first-order chi connectivity index (χ1) is 8.52. The predicted molar refractivity (Wildman–Crippen MR) is 86.1 cm³/mol. The number of hydrogen-bond donors (Lipinski definition) is 1. The van der Waals surface area contributed by atoms with Crippen LogP contribution >= 0.6 is 43.2 Å². The monoisotopic (exact) mass is 394 g/mol. The van der Waals surface area contributed by atoms with Gasteiger partial charge in [0.2, 0.25) is 0 Å². The third-order valence-corrected chi connectivity index (χ3v) is 6.80. The van der Waals surface area contributed by atoms with Crippen molar-refractivity contribution in [3.05, 3.63) is 19.2 Å². The topological polar surface area (TPSA) is 29.3 Å². The summed E-state index contributed by atoms with van der Waals surface area (Å²) in [5.74, 6) is 0.897. The maximum Gasteiger partial charge on any atom is 0.0843 e. The zero-order valence-corrected chi connectivity index (χ0v) is 14.8. The van der Waals surface area contributed by atoms with Crippen molar-refractivity contribution >= 4 is 43.2 Å². The van der Waals surface area contributed by atoms with Crippen molar-refractivity contribution in [2.24, 2.45) is 11.7 Å². The van der Waals surface area contributed by atoms with E-state index in [0.29, 0.717) is 18.6 Å². The molecule has 1 aliphatic carbocycles. The van der Waals surface area contributed by atoms with Crippen molar-refractivity contribution in [2.45, 2.75) is 38.8 Å². The first-order valence-electron chi connectivity index (χ1n) is 6.43. The van der Waals surface area contributed by atoms with Crippen LogP contribution in [0.2, 0.25) is 0 Å². The molecule has 1 unspecified atom stereocenters. The lowest BCUT2D eigenvalue weighted by Crippen LogP contribution is -2.39. The van der Waals surface area contributed by atoms with Gasteiger partial charge in [-0.05, 0) is 70.5 Å². The quantitative estimate of drug-likeness (QED) is 0.773. The van der Waals surface area contributed by atoms with Crippen LogP contribution in [0.25, 0.3) is 0 Å². The highest BCUT2D eigenvalue weighted by Crippen LogP contribution is 2.39. The summed E-state index contributed by atoms with van der Waals surface area (Å²) in [6, 6.07) is 3.09. The highest BCUT2D eigenvalue weighted by Gasteiger charge is 2.30. The van der Waals surface area contributed by atoms with Gasteiger partial charge in [-0.15, -0.1) is 11.3 Å². The second-order valence-electron chi connectivity index (χ2n) is 5.26. The van der Waals surface area contributed by atoms with Crippen molar-refractivity contribution in [1.82, 2.24) is 4.90 Å².